The summed E-state index contributed by atoms with van der Waals surface area (Å²) in [6, 6.07) is 18.7. The molecule has 0 bridgehead atoms. The number of rotatable bonds is 6. The van der Waals surface area contributed by atoms with Gasteiger partial charge in [-0.05, 0) is 43.7 Å². The van der Waals surface area contributed by atoms with Crippen LogP contribution in [0.4, 0.5) is 0 Å². The van der Waals surface area contributed by atoms with Crippen LogP contribution in [0.15, 0.2) is 65.5 Å². The van der Waals surface area contributed by atoms with Crippen LogP contribution in [-0.4, -0.2) is 32.2 Å². The van der Waals surface area contributed by atoms with Crippen molar-refractivity contribution in [2.45, 2.75) is 26.4 Å². The Morgan fingerprint density at radius 2 is 1.84 bits per heavy atom. The molecular weight excluding hydrogens is 394 g/mol. The lowest BCUT2D eigenvalue weighted by Crippen LogP contribution is -2.34. The van der Waals surface area contributed by atoms with Crippen molar-refractivity contribution in [2.75, 3.05) is 7.11 Å². The number of carbonyl (C=O) groups is 1. The molecule has 1 atom stereocenters. The second-order valence-corrected chi connectivity index (χ2v) is 7.25. The monoisotopic (exact) mass is 417 g/mol. The lowest BCUT2D eigenvalue weighted by molar-refractivity contribution is -0.122. The molecule has 0 aliphatic heterocycles. The Balaban J connectivity index is 1.59. The molecular formula is C23H23N5O3. The number of fused-ring (bicyclic) bond motifs is 1. The van der Waals surface area contributed by atoms with Gasteiger partial charge < -0.3 is 10.1 Å². The molecule has 0 saturated heterocycles. The van der Waals surface area contributed by atoms with Crippen LogP contribution in [0, 0.1) is 6.92 Å². The zero-order valence-electron chi connectivity index (χ0n) is 17.6. The molecule has 1 unspecified atom stereocenters. The van der Waals surface area contributed by atoms with E-state index in [1.54, 1.807) is 20.1 Å². The molecule has 31 heavy (non-hydrogen) atoms. The van der Waals surface area contributed by atoms with Gasteiger partial charge in [0.05, 0.1) is 18.8 Å². The lowest BCUT2D eigenvalue weighted by atomic mass is 10.1. The number of nitrogens with zero attached hydrogens (tertiary/aromatic N) is 4. The van der Waals surface area contributed by atoms with Crippen molar-refractivity contribution in [3.05, 3.63) is 82.5 Å². The first-order chi connectivity index (χ1) is 15.0. The first-order valence-corrected chi connectivity index (χ1v) is 9.92. The molecule has 1 amide bonds. The van der Waals surface area contributed by atoms with Crippen molar-refractivity contribution < 1.29 is 9.53 Å². The molecule has 2 aromatic carbocycles. The second-order valence-electron chi connectivity index (χ2n) is 7.25. The highest BCUT2D eigenvalue weighted by molar-refractivity contribution is 5.76. The van der Waals surface area contributed by atoms with Crippen LogP contribution >= 0.6 is 0 Å². The zero-order chi connectivity index (χ0) is 22.0. The molecule has 0 aliphatic rings. The van der Waals surface area contributed by atoms with E-state index in [2.05, 4.69) is 15.4 Å². The Hall–Kier alpha value is -3.94. The molecule has 0 spiro atoms. The molecule has 4 aromatic rings. The predicted molar refractivity (Wildman–Crippen MR) is 117 cm³/mol. The minimum absolute atomic E-state index is 0.172. The highest BCUT2D eigenvalue weighted by Gasteiger charge is 2.16. The van der Waals surface area contributed by atoms with Gasteiger partial charge in [-0.25, -0.2) is 18.9 Å². The molecule has 8 heteroatoms. The number of nitrogens with one attached hydrogen (secondary N) is 1. The van der Waals surface area contributed by atoms with Crippen LogP contribution in [0.2, 0.25) is 0 Å². The number of hydrogen-bond acceptors (Lipinski definition) is 5. The first kappa shape index (κ1) is 20.3. The molecule has 2 aromatic heterocycles. The fourth-order valence-electron chi connectivity index (χ4n) is 3.46. The van der Waals surface area contributed by atoms with Crippen molar-refractivity contribution in [1.29, 1.82) is 0 Å². The number of amides is 1. The SMILES string of the molecule is COc1ccc(-c2cc3nn(CC(=O)NC(C)c4ccccc4)c(=O)n3c(C)n2)cc1. The van der Waals surface area contributed by atoms with Crippen LogP contribution in [0.5, 0.6) is 5.75 Å². The number of ether oxygens (including phenoxy) is 1. The van der Waals surface area contributed by atoms with Crippen LogP contribution in [-0.2, 0) is 11.3 Å². The summed E-state index contributed by atoms with van der Waals surface area (Å²) < 4.78 is 7.76. The van der Waals surface area contributed by atoms with Crippen molar-refractivity contribution >= 4 is 11.6 Å². The van der Waals surface area contributed by atoms with Gasteiger partial charge in [0, 0.05) is 11.6 Å². The van der Waals surface area contributed by atoms with Crippen molar-refractivity contribution in [3.63, 3.8) is 0 Å². The molecule has 0 saturated carbocycles. The number of benzene rings is 2. The van der Waals surface area contributed by atoms with E-state index < -0.39 is 5.69 Å². The summed E-state index contributed by atoms with van der Waals surface area (Å²) in [5.74, 6) is 0.957. The molecule has 8 nitrogen and oxygen atoms in total. The van der Waals surface area contributed by atoms with Crippen molar-refractivity contribution in [3.8, 4) is 17.0 Å². The van der Waals surface area contributed by atoms with Crippen LogP contribution in [0.1, 0.15) is 24.4 Å². The Bertz CT molecular complexity index is 1280. The van der Waals surface area contributed by atoms with Gasteiger partial charge in [-0.1, -0.05) is 30.3 Å². The van der Waals surface area contributed by atoms with Gasteiger partial charge in [-0.15, -0.1) is 5.10 Å². The molecule has 158 valence electrons. The minimum atomic E-state index is -0.399. The molecule has 0 aliphatic carbocycles. The summed E-state index contributed by atoms with van der Waals surface area (Å²) in [7, 11) is 1.61. The first-order valence-electron chi connectivity index (χ1n) is 9.92. The van der Waals surface area contributed by atoms with Gasteiger partial charge in [-0.2, -0.15) is 0 Å². The van der Waals surface area contributed by atoms with Crippen molar-refractivity contribution in [2.24, 2.45) is 0 Å². The molecule has 4 rings (SSSR count). The quantitative estimate of drug-likeness (QED) is 0.521. The van der Waals surface area contributed by atoms with Gasteiger partial charge in [0.25, 0.3) is 0 Å². The van der Waals surface area contributed by atoms with E-state index in [-0.39, 0.29) is 18.5 Å². The number of aromatic nitrogens is 4. The summed E-state index contributed by atoms with van der Waals surface area (Å²) >= 11 is 0. The van der Waals surface area contributed by atoms with E-state index >= 15 is 0 Å². The average Bonchev–Trinajstić information content (AvgIpc) is 3.09. The third-order valence-electron chi connectivity index (χ3n) is 5.09. The Morgan fingerprint density at radius 3 is 2.52 bits per heavy atom. The van der Waals surface area contributed by atoms with E-state index in [4.69, 9.17) is 4.74 Å². The Kier molecular flexibility index (Phi) is 5.53. The number of aryl methyl sites for hydroxylation is 1. The van der Waals surface area contributed by atoms with Crippen molar-refractivity contribution in [1.82, 2.24) is 24.5 Å². The second kappa shape index (κ2) is 8.43. The van der Waals surface area contributed by atoms with E-state index in [9.17, 15) is 9.59 Å². The topological polar surface area (TPSA) is 90.5 Å². The zero-order valence-corrected chi connectivity index (χ0v) is 17.6. The molecule has 2 heterocycles. The summed E-state index contributed by atoms with van der Waals surface area (Å²) in [5, 5.41) is 7.26. The van der Waals surface area contributed by atoms with E-state index in [1.165, 1.54) is 4.40 Å². The van der Waals surface area contributed by atoms with Crippen LogP contribution < -0.4 is 15.7 Å². The third-order valence-corrected chi connectivity index (χ3v) is 5.09. The lowest BCUT2D eigenvalue weighted by Gasteiger charge is -2.13. The minimum Gasteiger partial charge on any atom is -0.497 e. The highest BCUT2D eigenvalue weighted by atomic mass is 16.5. The van der Waals surface area contributed by atoms with Crippen LogP contribution in [0.25, 0.3) is 16.9 Å². The number of carbonyl (C=O) groups excluding carboxylic acids is 1. The number of hydrogen-bond donors (Lipinski definition) is 1. The molecule has 0 fully saturated rings. The van der Waals surface area contributed by atoms with Gasteiger partial charge in [-0.3, -0.25) is 4.79 Å². The average molecular weight is 417 g/mol. The van der Waals surface area contributed by atoms with Gasteiger partial charge in [0.2, 0.25) is 5.91 Å². The maximum Gasteiger partial charge on any atom is 0.352 e. The molecule has 1 N–H and O–H groups in total. The van der Waals surface area contributed by atoms with Gasteiger partial charge in [0.15, 0.2) is 5.65 Å². The smallest absolute Gasteiger partial charge is 0.352 e. The third kappa shape index (κ3) is 4.18. The maximum absolute atomic E-state index is 12.8. The fraction of sp³-hybridized carbons (Fsp3) is 0.217. The van der Waals surface area contributed by atoms with Gasteiger partial charge >= 0.3 is 5.69 Å². The van der Waals surface area contributed by atoms with E-state index in [1.807, 2.05) is 61.5 Å². The molecule has 0 radical (unpaired) electrons. The van der Waals surface area contributed by atoms with E-state index in [0.717, 1.165) is 21.6 Å². The standard InChI is InChI=1S/C23H23N5O3/c1-15(17-7-5-4-6-8-17)24-22(29)14-27-23(30)28-16(2)25-20(13-21(28)26-27)18-9-11-19(31-3)12-10-18/h4-13,15H,14H2,1-3H3,(H,24,29). The predicted octanol–water partition coefficient (Wildman–Crippen LogP) is 2.75. The summed E-state index contributed by atoms with van der Waals surface area (Å²) in [5.41, 5.74) is 2.59. The Labute approximate surface area is 179 Å². The van der Waals surface area contributed by atoms with E-state index in [0.29, 0.717) is 17.2 Å². The maximum atomic E-state index is 12.8. The van der Waals surface area contributed by atoms with Crippen LogP contribution in [0.3, 0.4) is 0 Å². The summed E-state index contributed by atoms with van der Waals surface area (Å²) in [6.45, 7) is 3.47. The Morgan fingerprint density at radius 1 is 1.13 bits per heavy atom. The summed E-state index contributed by atoms with van der Waals surface area (Å²) in [4.78, 5) is 29.8. The highest BCUT2D eigenvalue weighted by Crippen LogP contribution is 2.21. The fourth-order valence-corrected chi connectivity index (χ4v) is 3.46. The summed E-state index contributed by atoms with van der Waals surface area (Å²) in [6.07, 6.45) is 0. The number of methoxy groups -OCH3 is 1. The normalized spacial score (nSPS) is 12.0. The largest absolute Gasteiger partial charge is 0.497 e. The van der Waals surface area contributed by atoms with Gasteiger partial charge in [0.1, 0.15) is 18.1 Å².